The van der Waals surface area contributed by atoms with Gasteiger partial charge in [0.15, 0.2) is 0 Å². The van der Waals surface area contributed by atoms with Crippen LogP contribution in [-0.2, 0) is 88.5 Å². The van der Waals surface area contributed by atoms with Crippen molar-refractivity contribution >= 4 is 100 Å². The van der Waals surface area contributed by atoms with E-state index < -0.39 is 203 Å². The zero-order chi connectivity index (χ0) is 100. The van der Waals surface area contributed by atoms with Crippen LogP contribution in [0.5, 0.6) is 0 Å². The summed E-state index contributed by atoms with van der Waals surface area (Å²) >= 11 is 0. The summed E-state index contributed by atoms with van der Waals surface area (Å²) in [6.07, 6.45) is 17.3. The Morgan fingerprint density at radius 3 is 0.804 bits per heavy atom. The second-order valence-electron chi connectivity index (χ2n) is 37.1. The average molecular weight is 1930 g/mol. The van der Waals surface area contributed by atoms with Crippen LogP contribution >= 0.6 is 0 Å². The van der Waals surface area contributed by atoms with E-state index in [2.05, 4.69) is 83.7 Å². The summed E-state index contributed by atoms with van der Waals surface area (Å²) in [6.45, 7) is 0.520. The summed E-state index contributed by atoms with van der Waals surface area (Å²) in [7, 11) is 0. The molecular weight excluding hydrogens is 1790 g/mol. The normalized spacial score (nSPS) is 19.9. The molecule has 0 aliphatic heterocycles. The minimum atomic E-state index is -1.11. The van der Waals surface area contributed by atoms with Crippen molar-refractivity contribution in [3.8, 4) is 0 Å². The lowest BCUT2D eigenvalue weighted by molar-refractivity contribution is -0.132. The SMILES string of the molecule is NCCCC[C@@H](N)CC(=O)N[C@@H](CC(=O)N[C@@H]1CCCC[C@H]1C(=O)N[C@H](CCCCN)CC(=O)N[C@@H](CC(=O)N[C@@H]1CCCC[C@H]1C(=O)N[C@H](CCCCN)CC(=O)N[C@@H](CC(=O)N[C@@H]1CCCC[C@H]1C(=O)N[C@H](CCCCN)CC(=O)N[C@@H](CC(=O)N[C@@H]1CCCC[C@H]1C(=O)NCCC(N)=O)Cn1ccc(N)nc1=O)Cn1ccc(N)nc1=O)Cn1ccc(N)nc1=O)Cn1ccc(N)nc1=O. The Morgan fingerprint density at radius 2 is 0.551 bits per heavy atom. The molecule has 13 amide bonds. The van der Waals surface area contributed by atoms with E-state index in [4.69, 9.17) is 57.3 Å². The highest BCUT2D eigenvalue weighted by Crippen LogP contribution is 2.31. The fourth-order valence-corrected chi connectivity index (χ4v) is 18.7. The predicted molar refractivity (Wildman–Crippen MR) is 514 cm³/mol. The Bertz CT molecular complexity index is 4940. The van der Waals surface area contributed by atoms with Gasteiger partial charge in [-0.05, 0) is 153 Å². The fourth-order valence-electron chi connectivity index (χ4n) is 18.7. The third-order valence-corrected chi connectivity index (χ3v) is 25.7. The number of nitrogens with two attached hydrogens (primary N) is 10. The maximum absolute atomic E-state index is 14.9. The molecule has 138 heavy (non-hydrogen) atoms. The van der Waals surface area contributed by atoms with Gasteiger partial charge in [-0.1, -0.05) is 77.0 Å². The van der Waals surface area contributed by atoms with E-state index in [1.165, 1.54) is 67.3 Å². The van der Waals surface area contributed by atoms with Crippen molar-refractivity contribution in [2.45, 2.75) is 336 Å². The second-order valence-corrected chi connectivity index (χ2v) is 37.1. The number of rotatable bonds is 58. The molecule has 0 spiro atoms. The van der Waals surface area contributed by atoms with E-state index in [1.807, 2.05) is 0 Å². The second kappa shape index (κ2) is 58.4. The molecule has 4 aromatic heterocycles. The van der Waals surface area contributed by atoms with Crippen molar-refractivity contribution in [3.63, 3.8) is 0 Å². The van der Waals surface area contributed by atoms with Crippen LogP contribution < -0.4 is 144 Å². The van der Waals surface area contributed by atoms with Gasteiger partial charge >= 0.3 is 22.8 Å². The van der Waals surface area contributed by atoms with Crippen LogP contribution in [0.3, 0.4) is 0 Å². The first-order valence-electron chi connectivity index (χ1n) is 48.8. The van der Waals surface area contributed by atoms with Crippen LogP contribution in [0.1, 0.15) is 238 Å². The zero-order valence-electron chi connectivity index (χ0n) is 79.2. The summed E-state index contributed by atoms with van der Waals surface area (Å²) in [4.78, 5) is 251. The van der Waals surface area contributed by atoms with Gasteiger partial charge in [0.25, 0.3) is 0 Å². The number of carbonyl (C=O) groups excluding carboxylic acids is 13. The van der Waals surface area contributed by atoms with Crippen LogP contribution in [0, 0.1) is 23.7 Å². The van der Waals surface area contributed by atoms with Crippen molar-refractivity contribution in [3.05, 3.63) is 91.0 Å². The molecular formula is C91H148N30O17. The number of nitrogens with zero attached hydrogens (tertiary/aromatic N) is 8. The molecule has 764 valence electrons. The Balaban J connectivity index is 0.910. The third kappa shape index (κ3) is 39.3. The summed E-state index contributed by atoms with van der Waals surface area (Å²) in [5, 5.41) is 35.6. The molecule has 0 saturated heterocycles. The molecule has 4 aromatic rings. The van der Waals surface area contributed by atoms with E-state index >= 15 is 0 Å². The van der Waals surface area contributed by atoms with Crippen LogP contribution in [0.4, 0.5) is 23.3 Å². The van der Waals surface area contributed by atoms with Gasteiger partial charge in [-0.25, -0.2) is 19.2 Å². The number of primary amides is 1. The van der Waals surface area contributed by atoms with Crippen molar-refractivity contribution < 1.29 is 62.3 Å². The third-order valence-electron chi connectivity index (χ3n) is 25.7. The van der Waals surface area contributed by atoms with Crippen molar-refractivity contribution in [1.29, 1.82) is 0 Å². The molecule has 4 saturated carbocycles. The maximum Gasteiger partial charge on any atom is 0.349 e. The van der Waals surface area contributed by atoms with Gasteiger partial charge < -0.3 is 121 Å². The highest BCUT2D eigenvalue weighted by Gasteiger charge is 2.40. The van der Waals surface area contributed by atoms with E-state index in [0.717, 1.165) is 19.3 Å². The average Bonchev–Trinajstić information content (AvgIpc) is 0.859. The number of unbranched alkanes of at least 4 members (excludes halogenated alkanes) is 4. The Labute approximate surface area is 801 Å². The van der Waals surface area contributed by atoms with Crippen LogP contribution in [0.15, 0.2) is 68.2 Å². The van der Waals surface area contributed by atoms with E-state index in [1.54, 1.807) is 0 Å². The molecule has 0 aromatic carbocycles. The molecule has 4 aliphatic rings. The maximum atomic E-state index is 14.9. The number of aromatic nitrogens is 8. The number of carbonyl (C=O) groups is 13. The lowest BCUT2D eigenvalue weighted by Gasteiger charge is -2.33. The predicted octanol–water partition coefficient (Wildman–Crippen LogP) is -3.61. The lowest BCUT2D eigenvalue weighted by atomic mass is 9.83. The molecule has 4 heterocycles. The quantitative estimate of drug-likeness (QED) is 0.0190. The van der Waals surface area contributed by atoms with E-state index in [-0.39, 0.29) is 113 Å². The molecule has 0 radical (unpaired) electrons. The Hall–Kier alpha value is -12.4. The number of nitrogens with one attached hydrogen (secondary N) is 12. The van der Waals surface area contributed by atoms with Gasteiger partial charge in [0.2, 0.25) is 76.8 Å². The van der Waals surface area contributed by atoms with Crippen molar-refractivity contribution in [2.24, 2.45) is 58.1 Å². The summed E-state index contributed by atoms with van der Waals surface area (Å²) in [5.41, 5.74) is 55.4. The molecule has 0 bridgehead atoms. The van der Waals surface area contributed by atoms with Gasteiger partial charge in [-0.15, -0.1) is 0 Å². The smallest absolute Gasteiger partial charge is 0.349 e. The fraction of sp³-hybridized carbons (Fsp3) is 0.681. The monoisotopic (exact) mass is 1930 g/mol. The first-order chi connectivity index (χ1) is 66.1. The zero-order valence-corrected chi connectivity index (χ0v) is 79.2. The number of nitrogen functional groups attached to an aromatic ring is 4. The highest BCUT2D eigenvalue weighted by molar-refractivity contribution is 5.88. The van der Waals surface area contributed by atoms with Crippen molar-refractivity contribution in [1.82, 2.24) is 102 Å². The highest BCUT2D eigenvalue weighted by atomic mass is 16.2. The molecule has 47 nitrogen and oxygen atoms in total. The minimum absolute atomic E-state index is 0.0134. The van der Waals surface area contributed by atoms with Crippen molar-refractivity contribution in [2.75, 3.05) is 55.7 Å². The van der Waals surface area contributed by atoms with Gasteiger partial charge in [0.05, 0.1) is 47.8 Å². The van der Waals surface area contributed by atoms with Gasteiger partial charge in [0.1, 0.15) is 23.3 Å². The molecule has 16 atom stereocenters. The lowest BCUT2D eigenvalue weighted by Crippen LogP contribution is -2.53. The minimum Gasteiger partial charge on any atom is -0.383 e. The summed E-state index contributed by atoms with van der Waals surface area (Å²) in [5.74, 6) is -9.96. The Kier molecular flexibility index (Phi) is 46.9. The first-order valence-corrected chi connectivity index (χ1v) is 48.8. The molecule has 8 rings (SSSR count). The van der Waals surface area contributed by atoms with Gasteiger partial charge in [-0.2, -0.15) is 19.9 Å². The molecule has 4 aliphatic carbocycles. The standard InChI is InChI=1S/C91H148N30O17/c92-34-13-9-17-55(96)43-76(123)103-59(51-118-39-30-71(97)114-88(118)135)47-81(128)111-68-26-6-2-22-64(68)85(132)107-57(19-11-15-36-94)45-78(125)105-61(53-120-41-32-73(99)116-90(120)137)49-83(130)113-70-28-8-4-24-66(70)87(134)109-58(20-12-16-37-95)46-79(126)106-62(54-121-42-33-74(100)117-91(121)138)50-82(129)112-69-27-7-3-23-65(69)86(133)108-56(18-10-14-35-93)44-77(124)104-60(52-119-40-31-72(98)115-89(119)136)48-80(127)110-67-25-5-1-21-63(67)84(131)102-38-29-75(101)122/h30-33,39-42,55-70H,1-29,34-38,43-54,92-96H2,(H2,101,122)(H,102,131)(H,103,123)(H,104,124)(H,105,125)(H,106,126)(H,107,132)(H,108,133)(H,109,134)(H,110,127)(H,111,128)(H,112,129)(H,113,130)(H2,97,114,135)(H2,98,115,136)(H2,99,116,137)(H2,100,117,138)/t55-,56-,57-,58-,59+,60+,61+,62+,63-,64-,65-,66-,67-,68-,69-,70-/m1/s1. The molecule has 4 fully saturated rings. The number of anilines is 4. The topological polar surface area (TPSA) is 766 Å². The van der Waals surface area contributed by atoms with Gasteiger partial charge in [0, 0.05) is 164 Å². The largest absolute Gasteiger partial charge is 0.383 e. The summed E-state index contributed by atoms with van der Waals surface area (Å²) < 4.78 is 4.76. The molecule has 32 N–H and O–H groups in total. The van der Waals surface area contributed by atoms with E-state index in [0.29, 0.717) is 180 Å². The van der Waals surface area contributed by atoms with Gasteiger partial charge in [-0.3, -0.25) is 80.6 Å². The molecule has 0 unspecified atom stereocenters. The molecule has 47 heteroatoms. The number of hydrogen-bond donors (Lipinski definition) is 22. The summed E-state index contributed by atoms with van der Waals surface area (Å²) in [6, 6.07) is -4.23. The number of hydrogen-bond acceptors (Lipinski definition) is 30. The Morgan fingerprint density at radius 1 is 0.312 bits per heavy atom. The van der Waals surface area contributed by atoms with Crippen LogP contribution in [-0.4, -0.2) is 220 Å². The van der Waals surface area contributed by atoms with E-state index in [9.17, 15) is 81.5 Å². The van der Waals surface area contributed by atoms with Crippen LogP contribution in [0.25, 0.3) is 0 Å². The first kappa shape index (κ1) is 111. The number of amides is 13. The van der Waals surface area contributed by atoms with Crippen LogP contribution in [0.2, 0.25) is 0 Å².